The second-order valence-electron chi connectivity index (χ2n) is 16.6. The number of nitrogens with zero attached hydrogens (tertiary/aromatic N) is 3. The van der Waals surface area contributed by atoms with Crippen LogP contribution in [0.15, 0.2) is 30.3 Å². The van der Waals surface area contributed by atoms with Crippen molar-refractivity contribution in [3.63, 3.8) is 0 Å². The molecule has 8 rings (SSSR count). The zero-order valence-electron chi connectivity index (χ0n) is 32.7. The Morgan fingerprint density at radius 2 is 1.86 bits per heavy atom. The lowest BCUT2D eigenvalue weighted by Gasteiger charge is -2.33. The number of benzene rings is 1. The lowest BCUT2D eigenvalue weighted by molar-refractivity contribution is -0.142. The molecule has 5 amide bonds. The molecular weight excluding hydrogens is 753 g/mol. The minimum Gasteiger partial charge on any atom is -0.497 e. The quantitative estimate of drug-likeness (QED) is 0.356. The number of sulfonamides is 1. The number of methoxy groups -OCH3 is 1. The highest BCUT2D eigenvalue weighted by atomic mass is 32.2. The summed E-state index contributed by atoms with van der Waals surface area (Å²) in [6, 6.07) is 5.32. The number of pyridine rings is 1. The first-order valence-corrected chi connectivity index (χ1v) is 22.2. The Kier molecular flexibility index (Phi) is 11.1. The van der Waals surface area contributed by atoms with Gasteiger partial charge < -0.3 is 34.6 Å². The van der Waals surface area contributed by atoms with Gasteiger partial charge in [0.05, 0.1) is 30.5 Å². The summed E-state index contributed by atoms with van der Waals surface area (Å²) < 4.78 is 46.2. The van der Waals surface area contributed by atoms with Gasteiger partial charge in [-0.25, -0.2) is 18.2 Å². The molecule has 2 saturated heterocycles. The molecule has 3 aliphatic heterocycles. The third-order valence-electron chi connectivity index (χ3n) is 12.7. The Balaban J connectivity index is 1.13. The van der Waals surface area contributed by atoms with Crippen LogP contribution in [0.1, 0.15) is 89.5 Å². The van der Waals surface area contributed by atoms with Crippen molar-refractivity contribution in [2.45, 2.75) is 119 Å². The average molecular weight is 807 g/mol. The maximum Gasteiger partial charge on any atom is 0.318 e. The predicted molar refractivity (Wildman–Crippen MR) is 211 cm³/mol. The third kappa shape index (κ3) is 8.30. The second kappa shape index (κ2) is 16.1. The van der Waals surface area contributed by atoms with Crippen molar-refractivity contribution in [2.24, 2.45) is 11.8 Å². The molecule has 5 fully saturated rings. The number of ether oxygens (including phenoxy) is 3. The highest BCUT2D eigenvalue weighted by Gasteiger charge is 2.62. The second-order valence-corrected chi connectivity index (χ2v) is 18.6. The Morgan fingerprint density at radius 1 is 1.05 bits per heavy atom. The summed E-state index contributed by atoms with van der Waals surface area (Å²) in [6.07, 6.45) is 10.7. The van der Waals surface area contributed by atoms with Crippen LogP contribution >= 0.6 is 0 Å². The Hall–Kier alpha value is -4.44. The largest absolute Gasteiger partial charge is 0.497 e. The summed E-state index contributed by atoms with van der Waals surface area (Å²) in [5.41, 5.74) is -0.0383. The summed E-state index contributed by atoms with van der Waals surface area (Å²) in [5.74, 6) is -1.14. The Bertz CT molecular complexity index is 2030. The van der Waals surface area contributed by atoms with E-state index in [1.54, 1.807) is 12.0 Å². The van der Waals surface area contributed by atoms with E-state index in [2.05, 4.69) is 15.4 Å². The minimum atomic E-state index is -3.86. The van der Waals surface area contributed by atoms with Gasteiger partial charge in [0, 0.05) is 43.1 Å². The smallest absolute Gasteiger partial charge is 0.318 e. The molecule has 308 valence electrons. The first-order chi connectivity index (χ1) is 27.5. The fourth-order valence-corrected chi connectivity index (χ4v) is 10.5. The number of fused-ring (bicyclic) bond motifs is 6. The van der Waals surface area contributed by atoms with Crippen molar-refractivity contribution in [3.8, 4) is 11.6 Å². The van der Waals surface area contributed by atoms with Crippen LogP contribution in [-0.4, -0.2) is 115 Å². The fourth-order valence-electron chi connectivity index (χ4n) is 9.10. The maximum absolute atomic E-state index is 14.9. The summed E-state index contributed by atoms with van der Waals surface area (Å²) in [4.78, 5) is 65.0. The molecule has 1 unspecified atom stereocenters. The molecule has 1 aromatic heterocycles. The molecular formula is C41H54N6O9S. The van der Waals surface area contributed by atoms with E-state index in [1.165, 1.54) is 4.90 Å². The number of allylic oxidation sites excluding steroid dienone is 1. The molecule has 4 bridgehead atoms. The summed E-state index contributed by atoms with van der Waals surface area (Å²) in [5, 5.41) is 6.29. The lowest BCUT2D eigenvalue weighted by Crippen LogP contribution is -2.60. The van der Waals surface area contributed by atoms with Gasteiger partial charge in [0.25, 0.3) is 5.91 Å². The molecule has 3 aliphatic carbocycles. The molecule has 3 N–H and O–H groups in total. The number of urea groups is 1. The molecule has 6 aliphatic rings. The number of hydrogen-bond donors (Lipinski definition) is 3. The van der Waals surface area contributed by atoms with Crippen molar-refractivity contribution in [1.29, 1.82) is 0 Å². The molecule has 3 saturated carbocycles. The van der Waals surface area contributed by atoms with Crippen LogP contribution < -0.4 is 24.8 Å². The summed E-state index contributed by atoms with van der Waals surface area (Å²) in [7, 11) is -2.28. The van der Waals surface area contributed by atoms with Gasteiger partial charge in [0.15, 0.2) is 0 Å². The molecule has 0 radical (unpaired) electrons. The van der Waals surface area contributed by atoms with Gasteiger partial charge in [0.1, 0.15) is 29.5 Å². The lowest BCUT2D eigenvalue weighted by atomic mass is 9.96. The van der Waals surface area contributed by atoms with Crippen LogP contribution in [0.4, 0.5) is 4.79 Å². The highest BCUT2D eigenvalue weighted by Crippen LogP contribution is 2.47. The molecule has 2 aromatic rings. The Labute approximate surface area is 333 Å². The number of rotatable bonds is 8. The topological polar surface area (TPSA) is 186 Å². The number of carbonyl (C=O) groups excluding carboxylic acids is 4. The van der Waals surface area contributed by atoms with E-state index in [1.807, 2.05) is 43.3 Å². The van der Waals surface area contributed by atoms with Gasteiger partial charge in [0.2, 0.25) is 27.7 Å². The number of amides is 5. The average Bonchev–Trinajstić information content (AvgIpc) is 3.97. The van der Waals surface area contributed by atoms with E-state index in [0.717, 1.165) is 49.5 Å². The number of aromatic nitrogens is 1. The number of nitrogens with one attached hydrogen (secondary N) is 3. The van der Waals surface area contributed by atoms with Gasteiger partial charge >= 0.3 is 6.03 Å². The SMILES string of the molecule is CCC1C[C@]1(NC(=O)[C@@H]1C[C@@H]2CN1C(=O)[C@H](C1CCCC1)NC(=O)N1CC[C@@H](C1)OCCC/C=C/c1cc3ccc(OC)cc3nc1O2)C(=O)NS(=O)(=O)C1CC1. The van der Waals surface area contributed by atoms with Crippen molar-refractivity contribution in [3.05, 3.63) is 35.9 Å². The Morgan fingerprint density at radius 3 is 2.60 bits per heavy atom. The standard InChI is InChI=1S/C41H54N6O9S/c1-3-28-22-41(28,39(50)45-57(52,53)32-14-15-32)44-36(48)34-21-31-24-47(34)38(49)35(25-9-6-7-10-25)43-40(51)46-17-16-30(23-46)55-18-8-4-5-11-27-19-26-12-13-29(54-2)20-33(26)42-37(27)56-31/h5,11-13,19-20,25,28,30-32,34-35H,3-4,6-10,14-18,21-24H2,1-2H3,(H,43,51)(H,44,48)(H,45,50)/b11-5+/t28?,30-,31+,34-,35-,41+/m0/s1. The van der Waals surface area contributed by atoms with Gasteiger partial charge in [-0.2, -0.15) is 0 Å². The van der Waals surface area contributed by atoms with Gasteiger partial charge in [-0.15, -0.1) is 0 Å². The third-order valence-corrected chi connectivity index (χ3v) is 14.5. The minimum absolute atomic E-state index is 0.0308. The molecule has 4 heterocycles. The van der Waals surface area contributed by atoms with Crippen LogP contribution in [0, 0.1) is 11.8 Å². The maximum atomic E-state index is 14.9. The van der Waals surface area contributed by atoms with Gasteiger partial charge in [-0.3, -0.25) is 19.1 Å². The predicted octanol–water partition coefficient (Wildman–Crippen LogP) is 3.65. The number of hydrogen-bond acceptors (Lipinski definition) is 10. The molecule has 1 aromatic carbocycles. The van der Waals surface area contributed by atoms with Crippen LogP contribution in [0.3, 0.4) is 0 Å². The number of carbonyl (C=O) groups is 4. The van der Waals surface area contributed by atoms with Crippen LogP contribution in [0.5, 0.6) is 11.6 Å². The van der Waals surface area contributed by atoms with Crippen molar-refractivity contribution < 1.29 is 41.8 Å². The zero-order valence-corrected chi connectivity index (χ0v) is 33.6. The van der Waals surface area contributed by atoms with Crippen LogP contribution in [0.2, 0.25) is 0 Å². The van der Waals surface area contributed by atoms with E-state index in [9.17, 15) is 27.6 Å². The van der Waals surface area contributed by atoms with E-state index >= 15 is 0 Å². The summed E-state index contributed by atoms with van der Waals surface area (Å²) in [6.45, 7) is 3.40. The molecule has 15 nitrogen and oxygen atoms in total. The van der Waals surface area contributed by atoms with E-state index in [0.29, 0.717) is 62.5 Å². The first-order valence-electron chi connectivity index (χ1n) is 20.7. The van der Waals surface area contributed by atoms with E-state index in [4.69, 9.17) is 19.2 Å². The molecule has 16 heteroatoms. The molecule has 6 atom stereocenters. The van der Waals surface area contributed by atoms with Crippen LogP contribution in [-0.2, 0) is 29.1 Å². The first kappa shape index (κ1) is 39.4. The zero-order chi connectivity index (χ0) is 39.9. The molecule has 0 spiro atoms. The monoisotopic (exact) mass is 806 g/mol. The van der Waals surface area contributed by atoms with E-state index < -0.39 is 50.8 Å². The highest BCUT2D eigenvalue weighted by molar-refractivity contribution is 7.91. The van der Waals surface area contributed by atoms with Crippen LogP contribution in [0.25, 0.3) is 17.0 Å². The van der Waals surface area contributed by atoms with Gasteiger partial charge in [-0.1, -0.05) is 38.3 Å². The fraction of sp³-hybridized carbons (Fsp3) is 0.634. The molecule has 57 heavy (non-hydrogen) atoms. The van der Waals surface area contributed by atoms with Crippen molar-refractivity contribution >= 4 is 50.8 Å². The van der Waals surface area contributed by atoms with E-state index in [-0.39, 0.29) is 49.3 Å². The van der Waals surface area contributed by atoms with Gasteiger partial charge in [-0.05, 0) is 81.4 Å². The van der Waals surface area contributed by atoms with Crippen molar-refractivity contribution in [1.82, 2.24) is 30.1 Å². The normalized spacial score (nSPS) is 30.4. The van der Waals surface area contributed by atoms with Crippen molar-refractivity contribution in [2.75, 3.05) is 33.4 Å². The summed E-state index contributed by atoms with van der Waals surface area (Å²) >= 11 is 0.